The van der Waals surface area contributed by atoms with Crippen LogP contribution in [0, 0.1) is 11.8 Å². The number of likely N-dealkylation sites (N-methyl/N-ethyl adjacent to an activating group) is 1. The van der Waals surface area contributed by atoms with Gasteiger partial charge in [0.1, 0.15) is 28.6 Å². The number of carbonyl (C=O) groups is 4. The average Bonchev–Trinajstić information content (AvgIpc) is 2.96. The molecule has 45 heavy (non-hydrogen) atoms. The maximum atomic E-state index is 14.1. The number of aliphatic hydroxyl groups is 3. The van der Waals surface area contributed by atoms with Gasteiger partial charge in [0.05, 0.1) is 24.4 Å². The highest BCUT2D eigenvalue weighted by Gasteiger charge is 2.63. The van der Waals surface area contributed by atoms with Crippen LogP contribution in [0.5, 0.6) is 17.2 Å². The zero-order chi connectivity index (χ0) is 33.1. The van der Waals surface area contributed by atoms with Crippen LogP contribution in [0.1, 0.15) is 22.3 Å². The molecule has 0 spiro atoms. The molecule has 5 rings (SSSR count). The lowest BCUT2D eigenvalue weighted by atomic mass is 9.58. The van der Waals surface area contributed by atoms with Gasteiger partial charge in [-0.05, 0) is 68.8 Å². The van der Waals surface area contributed by atoms with Crippen LogP contribution in [0.25, 0.3) is 0 Å². The number of amides is 2. The highest BCUT2D eigenvalue weighted by Crippen LogP contribution is 2.54. The number of methoxy groups -OCH3 is 1. The van der Waals surface area contributed by atoms with E-state index in [0.717, 1.165) is 0 Å². The van der Waals surface area contributed by atoms with Gasteiger partial charge in [-0.25, -0.2) is 4.79 Å². The molecule has 0 unspecified atom stereocenters. The molecule has 3 aliphatic rings. The number of phenols is 1. The third-order valence-corrected chi connectivity index (χ3v) is 8.69. The number of benzene rings is 2. The molecule has 14 heteroatoms. The number of hydrogen-bond acceptors (Lipinski definition) is 12. The predicted octanol–water partition coefficient (Wildman–Crippen LogP) is 1.81. The molecule has 238 valence electrons. The number of hydrogen-bond donors (Lipinski definition) is 6. The van der Waals surface area contributed by atoms with Crippen molar-refractivity contribution in [2.45, 2.75) is 24.5 Å². The fourth-order valence-corrected chi connectivity index (χ4v) is 6.68. The molecule has 0 bridgehead atoms. The van der Waals surface area contributed by atoms with E-state index in [4.69, 9.17) is 15.2 Å². The van der Waals surface area contributed by atoms with Crippen LogP contribution >= 0.6 is 0 Å². The molecule has 2 amide bonds. The van der Waals surface area contributed by atoms with Crippen molar-refractivity contribution in [2.24, 2.45) is 17.6 Å². The van der Waals surface area contributed by atoms with Crippen LogP contribution in [0.2, 0.25) is 0 Å². The van der Waals surface area contributed by atoms with Gasteiger partial charge in [0.2, 0.25) is 5.78 Å². The Morgan fingerprint density at radius 2 is 1.67 bits per heavy atom. The van der Waals surface area contributed by atoms with Gasteiger partial charge in [0.15, 0.2) is 17.1 Å². The maximum absolute atomic E-state index is 14.1. The molecule has 0 aliphatic heterocycles. The van der Waals surface area contributed by atoms with Gasteiger partial charge in [0, 0.05) is 31.3 Å². The number of nitrogens with two attached hydrogens (primary N) is 1. The number of primary amides is 1. The first kappa shape index (κ1) is 31.3. The van der Waals surface area contributed by atoms with E-state index in [1.54, 1.807) is 45.2 Å². The third-order valence-electron chi connectivity index (χ3n) is 8.69. The topological polar surface area (TPSA) is 212 Å². The number of Topliss-reactive ketones (excluding diaryl/α,β-unsaturated/α-hetero) is 2. The van der Waals surface area contributed by atoms with E-state index >= 15 is 0 Å². The lowest BCUT2D eigenvalue weighted by molar-refractivity contribution is -0.148. The lowest BCUT2D eigenvalue weighted by Crippen LogP contribution is -2.63. The number of ether oxygens (including phenoxy) is 2. The van der Waals surface area contributed by atoms with Crippen LogP contribution in [-0.2, 0) is 16.0 Å². The summed E-state index contributed by atoms with van der Waals surface area (Å²) in [6.45, 7) is 0. The molecule has 0 heterocycles. The van der Waals surface area contributed by atoms with Crippen molar-refractivity contribution in [3.05, 3.63) is 64.1 Å². The Labute approximate surface area is 257 Å². The van der Waals surface area contributed by atoms with Gasteiger partial charge in [-0.15, -0.1) is 0 Å². The number of anilines is 2. The molecule has 0 saturated heterocycles. The zero-order valence-corrected chi connectivity index (χ0v) is 25.2. The third kappa shape index (κ3) is 4.82. The number of nitrogens with one attached hydrogen (secondary N) is 1. The summed E-state index contributed by atoms with van der Waals surface area (Å²) in [5, 5.41) is 48.0. The molecular weight excluding hydrogens is 588 g/mol. The number of ketones is 2. The number of nitrogens with zero attached hydrogens (tertiary/aromatic N) is 2. The fourth-order valence-electron chi connectivity index (χ4n) is 6.68. The van der Waals surface area contributed by atoms with Crippen molar-refractivity contribution >= 4 is 34.9 Å². The van der Waals surface area contributed by atoms with E-state index in [2.05, 4.69) is 5.32 Å². The van der Waals surface area contributed by atoms with Crippen molar-refractivity contribution in [1.82, 2.24) is 4.90 Å². The Balaban J connectivity index is 1.60. The van der Waals surface area contributed by atoms with Gasteiger partial charge in [0.25, 0.3) is 5.91 Å². The Bertz CT molecular complexity index is 1690. The SMILES string of the molecule is COc1ccc(OC(=O)Nc2cc(N(C)C)c3c(c2O)C(=O)C2=C(O)[C@]4(O)C(=O)C(C(N)=O)=C(O)[C@@H](N(C)C)[C@@H]4C[C@@H]2C3)cc1. The summed E-state index contributed by atoms with van der Waals surface area (Å²) < 4.78 is 10.4. The van der Waals surface area contributed by atoms with Gasteiger partial charge in [-0.1, -0.05) is 0 Å². The molecule has 0 radical (unpaired) electrons. The monoisotopic (exact) mass is 622 g/mol. The van der Waals surface area contributed by atoms with Crippen LogP contribution in [0.3, 0.4) is 0 Å². The van der Waals surface area contributed by atoms with E-state index < -0.39 is 69.9 Å². The fraction of sp³-hybridized carbons (Fsp3) is 0.355. The molecule has 7 N–H and O–H groups in total. The number of aliphatic hydroxyl groups excluding tert-OH is 2. The highest BCUT2D eigenvalue weighted by atomic mass is 16.6. The second-order valence-corrected chi connectivity index (χ2v) is 11.7. The van der Waals surface area contributed by atoms with Gasteiger partial charge >= 0.3 is 6.09 Å². The van der Waals surface area contributed by atoms with Crippen LogP contribution in [-0.4, -0.2) is 95.8 Å². The molecule has 4 atom stereocenters. The quantitative estimate of drug-likeness (QED) is 0.201. The van der Waals surface area contributed by atoms with Crippen molar-refractivity contribution in [2.75, 3.05) is 45.5 Å². The van der Waals surface area contributed by atoms with Crippen LogP contribution in [0.15, 0.2) is 53.0 Å². The summed E-state index contributed by atoms with van der Waals surface area (Å²) in [5.74, 6) is -6.91. The van der Waals surface area contributed by atoms with Crippen LogP contribution in [0.4, 0.5) is 16.2 Å². The molecular formula is C31H34N4O10. The molecule has 0 fully saturated rings. The Kier molecular flexibility index (Phi) is 7.75. The van der Waals surface area contributed by atoms with Crippen molar-refractivity contribution < 1.29 is 49.1 Å². The predicted molar refractivity (Wildman–Crippen MR) is 161 cm³/mol. The summed E-state index contributed by atoms with van der Waals surface area (Å²) >= 11 is 0. The Morgan fingerprint density at radius 1 is 1.04 bits per heavy atom. The number of carbonyl (C=O) groups excluding carboxylic acids is 4. The van der Waals surface area contributed by atoms with E-state index in [9.17, 15) is 39.6 Å². The number of allylic oxidation sites excluding steroid dienone is 1. The van der Waals surface area contributed by atoms with Crippen LogP contribution < -0.4 is 25.4 Å². The summed E-state index contributed by atoms with van der Waals surface area (Å²) in [6.07, 6.45) is -0.925. The van der Waals surface area contributed by atoms with E-state index in [-0.39, 0.29) is 35.4 Å². The summed E-state index contributed by atoms with van der Waals surface area (Å²) in [6, 6.07) is 6.56. The first-order chi connectivity index (χ1) is 21.1. The summed E-state index contributed by atoms with van der Waals surface area (Å²) in [4.78, 5) is 55.8. The zero-order valence-electron chi connectivity index (χ0n) is 25.2. The lowest BCUT2D eigenvalue weighted by Gasteiger charge is -2.50. The first-order valence-corrected chi connectivity index (χ1v) is 14.0. The van der Waals surface area contributed by atoms with Gasteiger partial charge in [-0.3, -0.25) is 24.6 Å². The minimum atomic E-state index is -2.76. The summed E-state index contributed by atoms with van der Waals surface area (Å²) in [7, 11) is 8.01. The van der Waals surface area contributed by atoms with Crippen molar-refractivity contribution in [3.63, 3.8) is 0 Å². The number of phenolic OH excluding ortho intramolecular Hbond substituents is 1. The normalized spacial score (nSPS) is 24.1. The molecule has 0 aromatic heterocycles. The van der Waals surface area contributed by atoms with Gasteiger partial charge < -0.3 is 40.5 Å². The van der Waals surface area contributed by atoms with E-state index in [0.29, 0.717) is 17.0 Å². The first-order valence-electron chi connectivity index (χ1n) is 14.0. The molecule has 14 nitrogen and oxygen atoms in total. The largest absolute Gasteiger partial charge is 0.510 e. The molecule has 2 aromatic carbocycles. The van der Waals surface area contributed by atoms with Crippen molar-refractivity contribution in [3.8, 4) is 17.2 Å². The number of fused-ring (bicyclic) bond motifs is 3. The van der Waals surface area contributed by atoms with E-state index in [1.165, 1.54) is 30.2 Å². The summed E-state index contributed by atoms with van der Waals surface area (Å²) in [5.41, 5.74) is 1.89. The average molecular weight is 623 g/mol. The minimum absolute atomic E-state index is 0.0480. The molecule has 2 aromatic rings. The van der Waals surface area contributed by atoms with Crippen molar-refractivity contribution in [1.29, 1.82) is 0 Å². The second kappa shape index (κ2) is 11.1. The number of aromatic hydroxyl groups is 1. The molecule has 3 aliphatic carbocycles. The van der Waals surface area contributed by atoms with E-state index in [1.807, 2.05) is 0 Å². The second-order valence-electron chi connectivity index (χ2n) is 11.7. The minimum Gasteiger partial charge on any atom is -0.510 e. The maximum Gasteiger partial charge on any atom is 0.417 e. The number of rotatable bonds is 6. The smallest absolute Gasteiger partial charge is 0.417 e. The standard InChI is InChI=1S/C31H34N4O10/c1-34(2)19-12-18(33-30(42)45-15-8-6-14(44-5)7-9-15)24(36)21-16(19)10-13-11-17-23(35(3)4)26(38)22(29(32)41)28(40)31(17,43)27(39)20(13)25(21)37/h6-9,12-13,17,23,36,38-39,43H,10-11H2,1-5H3,(H2,32,41)(H,33,42)/t13-,17-,23-,31-/m0/s1. The Hall–Kier alpha value is -5.08. The molecule has 0 saturated carbocycles. The highest BCUT2D eigenvalue weighted by molar-refractivity contribution is 6.25. The van der Waals surface area contributed by atoms with Gasteiger partial charge in [-0.2, -0.15) is 0 Å². The Morgan fingerprint density at radius 3 is 2.22 bits per heavy atom.